The summed E-state index contributed by atoms with van der Waals surface area (Å²) in [5.41, 5.74) is 0.566. The van der Waals surface area contributed by atoms with Crippen LogP contribution in [0, 0.1) is 0 Å². The van der Waals surface area contributed by atoms with E-state index in [9.17, 15) is 9.59 Å². The number of unbranched alkanes of at least 4 members (excludes halogenated alkanes) is 6. The number of carbonyl (C=O) groups is 2. The summed E-state index contributed by atoms with van der Waals surface area (Å²) in [4.78, 5) is 25.8. The fraction of sp³-hybridized carbons (Fsp3) is 0.778. The van der Waals surface area contributed by atoms with Gasteiger partial charge in [0.05, 0.1) is 11.1 Å². The molecule has 0 aliphatic heterocycles. The molecule has 0 radical (unpaired) electrons. The molecule has 0 bridgehead atoms. The van der Waals surface area contributed by atoms with Crippen LogP contribution in [0.1, 0.15) is 153 Å². The lowest BCUT2D eigenvalue weighted by molar-refractivity contribution is -0.275. The van der Waals surface area contributed by atoms with Crippen molar-refractivity contribution < 1.29 is 47.5 Å². The van der Waals surface area contributed by atoms with E-state index in [0.717, 1.165) is 38.5 Å². The molecule has 10 nitrogen and oxygen atoms in total. The molecule has 6 atom stereocenters. The van der Waals surface area contributed by atoms with Crippen molar-refractivity contribution in [3.8, 4) is 0 Å². The van der Waals surface area contributed by atoms with E-state index in [4.69, 9.17) is 37.9 Å². The minimum Gasteiger partial charge on any atom is -0.432 e. The molecule has 0 saturated carbocycles. The van der Waals surface area contributed by atoms with Crippen LogP contribution in [0.2, 0.25) is 0 Å². The maximum atomic E-state index is 12.9. The molecule has 0 aliphatic rings. The second-order valence-corrected chi connectivity index (χ2v) is 11.5. The van der Waals surface area contributed by atoms with Crippen LogP contribution in [0.4, 0.5) is 0 Å². The second kappa shape index (κ2) is 25.9. The quantitative estimate of drug-likeness (QED) is 0.0494. The Labute approximate surface area is 278 Å². The van der Waals surface area contributed by atoms with Gasteiger partial charge < -0.3 is 37.9 Å². The van der Waals surface area contributed by atoms with Crippen LogP contribution in [0.15, 0.2) is 24.3 Å². The molecule has 1 rings (SSSR count). The van der Waals surface area contributed by atoms with Crippen molar-refractivity contribution in [3.63, 3.8) is 0 Å². The third-order valence-corrected chi connectivity index (χ3v) is 7.04. The number of rotatable bonds is 28. The van der Waals surface area contributed by atoms with Gasteiger partial charge in [-0.1, -0.05) is 79.1 Å². The third-order valence-electron chi connectivity index (χ3n) is 7.04. The maximum absolute atomic E-state index is 12.9. The van der Waals surface area contributed by atoms with Crippen molar-refractivity contribution in [2.24, 2.45) is 0 Å². The molecule has 0 fully saturated rings. The van der Waals surface area contributed by atoms with Crippen molar-refractivity contribution in [1.29, 1.82) is 0 Å². The predicted octanol–water partition coefficient (Wildman–Crippen LogP) is 8.90. The van der Waals surface area contributed by atoms with Gasteiger partial charge in [-0.15, -0.1) is 0 Å². The van der Waals surface area contributed by atoms with Crippen LogP contribution in [-0.2, 0) is 37.9 Å². The molecule has 0 heterocycles. The zero-order valence-corrected chi connectivity index (χ0v) is 29.8. The van der Waals surface area contributed by atoms with Gasteiger partial charge in [-0.3, -0.25) is 0 Å². The first-order chi connectivity index (χ1) is 22.1. The second-order valence-electron chi connectivity index (χ2n) is 11.5. The molecule has 0 N–H and O–H groups in total. The van der Waals surface area contributed by atoms with Crippen molar-refractivity contribution >= 4 is 11.9 Å². The average Bonchev–Trinajstić information content (AvgIpc) is 3.01. The van der Waals surface area contributed by atoms with E-state index in [1.165, 1.54) is 49.9 Å². The topological polar surface area (TPSA) is 108 Å². The Morgan fingerprint density at radius 3 is 1.20 bits per heavy atom. The maximum Gasteiger partial charge on any atom is 0.340 e. The lowest BCUT2D eigenvalue weighted by Gasteiger charge is -2.25. The van der Waals surface area contributed by atoms with Gasteiger partial charge in [-0.05, 0) is 64.8 Å². The summed E-state index contributed by atoms with van der Waals surface area (Å²) in [6, 6.07) is 6.10. The molecule has 0 amide bonds. The Hall–Kier alpha value is -2.08. The molecule has 0 aromatic heterocycles. The van der Waals surface area contributed by atoms with Gasteiger partial charge in [0.1, 0.15) is 0 Å². The molecule has 1 aromatic carbocycles. The first kappa shape index (κ1) is 41.9. The van der Waals surface area contributed by atoms with Crippen LogP contribution in [0.3, 0.4) is 0 Å². The van der Waals surface area contributed by atoms with Gasteiger partial charge in [0.15, 0.2) is 25.2 Å². The summed E-state index contributed by atoms with van der Waals surface area (Å²) in [6.45, 7) is 16.7. The van der Waals surface area contributed by atoms with Crippen LogP contribution >= 0.6 is 0 Å². The minimum absolute atomic E-state index is 0.283. The van der Waals surface area contributed by atoms with Gasteiger partial charge >= 0.3 is 11.9 Å². The molecule has 266 valence electrons. The Morgan fingerprint density at radius 2 is 0.870 bits per heavy atom. The molecule has 1 aromatic rings. The first-order valence-electron chi connectivity index (χ1n) is 17.5. The Kier molecular flexibility index (Phi) is 23.7. The summed E-state index contributed by atoms with van der Waals surface area (Å²) < 4.78 is 45.9. The number of hydrogen-bond donors (Lipinski definition) is 0. The standard InChI is InChI=1S/C36H62O10/c1-9-13-15-17-25-39-27(5)41-29(7)43-33(19-11-3)45-35(37)31-21-23-32(24-22-31)36(38)46-34(20-12-4)44-30(8)42-28(6)40-26-18-16-14-10-2/h21-24,27-30,33-34H,9-20,25-26H2,1-8H3. The third kappa shape index (κ3) is 19.6. The van der Waals surface area contributed by atoms with E-state index in [2.05, 4.69) is 13.8 Å². The number of ether oxygens (including phenoxy) is 8. The molecule has 0 aliphatic carbocycles. The van der Waals surface area contributed by atoms with E-state index in [1.54, 1.807) is 13.8 Å². The van der Waals surface area contributed by atoms with Crippen molar-refractivity contribution in [3.05, 3.63) is 35.4 Å². The van der Waals surface area contributed by atoms with Crippen LogP contribution in [0.25, 0.3) is 0 Å². The van der Waals surface area contributed by atoms with Crippen LogP contribution in [0.5, 0.6) is 0 Å². The lowest BCUT2D eigenvalue weighted by atomic mass is 10.1. The van der Waals surface area contributed by atoms with Crippen molar-refractivity contribution in [2.45, 2.75) is 170 Å². The zero-order valence-electron chi connectivity index (χ0n) is 29.8. The highest BCUT2D eigenvalue weighted by molar-refractivity contribution is 5.93. The van der Waals surface area contributed by atoms with E-state index < -0.39 is 49.7 Å². The predicted molar refractivity (Wildman–Crippen MR) is 177 cm³/mol. The fourth-order valence-corrected chi connectivity index (χ4v) is 4.56. The summed E-state index contributed by atoms with van der Waals surface area (Å²) in [7, 11) is 0. The Morgan fingerprint density at radius 1 is 0.500 bits per heavy atom. The van der Waals surface area contributed by atoms with Gasteiger partial charge in [-0.2, -0.15) is 0 Å². The molecular formula is C36H62O10. The Bertz CT molecular complexity index is 836. The highest BCUT2D eigenvalue weighted by Crippen LogP contribution is 2.17. The molecule has 10 heteroatoms. The summed E-state index contributed by atoms with van der Waals surface area (Å²) in [6.07, 6.45) is 7.70. The molecular weight excluding hydrogens is 592 g/mol. The number of benzene rings is 1. The number of hydrogen-bond acceptors (Lipinski definition) is 10. The molecule has 46 heavy (non-hydrogen) atoms. The highest BCUT2D eigenvalue weighted by Gasteiger charge is 2.23. The summed E-state index contributed by atoms with van der Waals surface area (Å²) in [5, 5.41) is 0. The highest BCUT2D eigenvalue weighted by atomic mass is 16.8. The summed E-state index contributed by atoms with van der Waals surface area (Å²) >= 11 is 0. The van der Waals surface area contributed by atoms with E-state index in [1.807, 2.05) is 27.7 Å². The average molecular weight is 655 g/mol. The zero-order chi connectivity index (χ0) is 34.2. The normalized spacial score (nSPS) is 15.5. The largest absolute Gasteiger partial charge is 0.432 e. The molecule has 0 spiro atoms. The number of carbonyl (C=O) groups excluding carboxylic acids is 2. The SMILES string of the molecule is CCCCCCOC(C)OC(C)OC(CCC)OC(=O)c1ccc(C(=O)OC(CCC)OC(C)OC(C)OCCCCCC)cc1. The van der Waals surface area contributed by atoms with E-state index in [0.29, 0.717) is 26.1 Å². The van der Waals surface area contributed by atoms with Crippen molar-refractivity contribution in [2.75, 3.05) is 13.2 Å². The van der Waals surface area contributed by atoms with E-state index >= 15 is 0 Å². The number of esters is 2. The molecule has 0 saturated heterocycles. The van der Waals surface area contributed by atoms with Crippen LogP contribution < -0.4 is 0 Å². The van der Waals surface area contributed by atoms with Gasteiger partial charge in [0.2, 0.25) is 12.6 Å². The van der Waals surface area contributed by atoms with Crippen molar-refractivity contribution in [1.82, 2.24) is 0 Å². The van der Waals surface area contributed by atoms with Gasteiger partial charge in [0.25, 0.3) is 0 Å². The lowest BCUT2D eigenvalue weighted by Crippen LogP contribution is -2.30. The van der Waals surface area contributed by atoms with Gasteiger partial charge in [0, 0.05) is 26.1 Å². The first-order valence-corrected chi connectivity index (χ1v) is 17.5. The molecule has 6 unspecified atom stereocenters. The Balaban J connectivity index is 2.60. The summed E-state index contributed by atoms with van der Waals surface area (Å²) in [5.74, 6) is -1.13. The van der Waals surface area contributed by atoms with Gasteiger partial charge in [-0.25, -0.2) is 9.59 Å². The van der Waals surface area contributed by atoms with Crippen LogP contribution in [-0.4, -0.2) is 62.9 Å². The minimum atomic E-state index is -0.792. The smallest absolute Gasteiger partial charge is 0.340 e. The monoisotopic (exact) mass is 654 g/mol. The van der Waals surface area contributed by atoms with E-state index in [-0.39, 0.29) is 11.1 Å². The fourth-order valence-electron chi connectivity index (χ4n) is 4.56.